The van der Waals surface area contributed by atoms with E-state index in [9.17, 15) is 13.2 Å². The van der Waals surface area contributed by atoms with E-state index in [1.165, 1.54) is 0 Å². The fraction of sp³-hybridized carbons (Fsp3) is 0.107. The number of rotatable bonds is 9. The van der Waals surface area contributed by atoms with Crippen LogP contribution in [0.3, 0.4) is 0 Å². The summed E-state index contributed by atoms with van der Waals surface area (Å²) in [6, 6.07) is 32.2. The second-order valence-electron chi connectivity index (χ2n) is 8.01. The zero-order chi connectivity index (χ0) is 24.7. The Labute approximate surface area is 205 Å². The molecule has 0 aliphatic carbocycles. The van der Waals surface area contributed by atoms with Gasteiger partial charge in [0, 0.05) is 5.69 Å². The molecule has 0 aromatic heterocycles. The van der Waals surface area contributed by atoms with Gasteiger partial charge in [-0.3, -0.25) is 0 Å². The van der Waals surface area contributed by atoms with Crippen LogP contribution in [0, 0.1) is 6.92 Å². The van der Waals surface area contributed by atoms with E-state index in [4.69, 9.17) is 4.74 Å². The second kappa shape index (κ2) is 11.0. The van der Waals surface area contributed by atoms with E-state index in [2.05, 4.69) is 10.0 Å². The Hall–Kier alpha value is -3.94. The largest absolute Gasteiger partial charge is 0.452 e. The topological polar surface area (TPSA) is 84.5 Å². The Morgan fingerprint density at radius 1 is 0.800 bits per heavy atom. The molecule has 1 atom stereocenters. The first-order chi connectivity index (χ1) is 16.9. The van der Waals surface area contributed by atoms with Gasteiger partial charge in [-0.2, -0.15) is 0 Å². The first-order valence-corrected chi connectivity index (χ1v) is 12.6. The van der Waals surface area contributed by atoms with Crippen LogP contribution < -0.4 is 10.0 Å². The quantitative estimate of drug-likeness (QED) is 0.300. The van der Waals surface area contributed by atoms with Gasteiger partial charge < -0.3 is 10.1 Å². The van der Waals surface area contributed by atoms with E-state index < -0.39 is 22.1 Å². The fourth-order valence-corrected chi connectivity index (χ4v) is 4.55. The van der Waals surface area contributed by atoms with Crippen molar-refractivity contribution in [2.24, 2.45) is 0 Å². The minimum atomic E-state index is -3.78. The molecule has 0 bridgehead atoms. The molecule has 0 fully saturated rings. The Morgan fingerprint density at radius 3 is 2.09 bits per heavy atom. The van der Waals surface area contributed by atoms with Gasteiger partial charge in [-0.1, -0.05) is 78.4 Å². The third-order valence-corrected chi connectivity index (χ3v) is 6.85. The van der Waals surface area contributed by atoms with Gasteiger partial charge in [0.2, 0.25) is 10.0 Å². The number of carbonyl (C=O) groups excluding carboxylic acids is 1. The van der Waals surface area contributed by atoms with Crippen LogP contribution in [0.2, 0.25) is 0 Å². The molecule has 0 aliphatic heterocycles. The highest BCUT2D eigenvalue weighted by atomic mass is 32.2. The third-order valence-electron chi connectivity index (χ3n) is 5.41. The SMILES string of the molecule is Cc1ccc(S(=O)(=O)NC[C@@H](OC(=O)c2ccccc2Nc2ccccc2)c2ccccc2)cc1. The van der Waals surface area contributed by atoms with Gasteiger partial charge >= 0.3 is 5.97 Å². The van der Waals surface area contributed by atoms with E-state index in [1.807, 2.05) is 61.5 Å². The summed E-state index contributed by atoms with van der Waals surface area (Å²) in [4.78, 5) is 13.4. The molecule has 178 valence electrons. The van der Waals surface area contributed by atoms with Gasteiger partial charge in [0.1, 0.15) is 6.10 Å². The van der Waals surface area contributed by atoms with Crippen molar-refractivity contribution >= 4 is 27.4 Å². The molecule has 2 N–H and O–H groups in total. The van der Waals surface area contributed by atoms with Gasteiger partial charge in [-0.05, 0) is 48.9 Å². The van der Waals surface area contributed by atoms with Crippen LogP contribution in [0.15, 0.2) is 114 Å². The van der Waals surface area contributed by atoms with Crippen molar-refractivity contribution in [1.29, 1.82) is 0 Å². The average molecular weight is 487 g/mol. The Bertz CT molecular complexity index is 1370. The van der Waals surface area contributed by atoms with Crippen LogP contribution in [-0.4, -0.2) is 20.9 Å². The summed E-state index contributed by atoms with van der Waals surface area (Å²) in [6.45, 7) is 1.78. The predicted octanol–water partition coefficient (Wildman–Crippen LogP) is 5.62. The van der Waals surface area contributed by atoms with Crippen LogP contribution in [-0.2, 0) is 14.8 Å². The number of benzene rings is 4. The van der Waals surface area contributed by atoms with Gasteiger partial charge in [0.05, 0.1) is 22.7 Å². The summed E-state index contributed by atoms with van der Waals surface area (Å²) in [5.41, 5.74) is 3.41. The molecule has 0 unspecified atom stereocenters. The van der Waals surface area contributed by atoms with Crippen molar-refractivity contribution < 1.29 is 17.9 Å². The molecule has 0 amide bonds. The first-order valence-electron chi connectivity index (χ1n) is 11.2. The highest BCUT2D eigenvalue weighted by Gasteiger charge is 2.23. The second-order valence-corrected chi connectivity index (χ2v) is 9.77. The van der Waals surface area contributed by atoms with Crippen molar-refractivity contribution in [2.75, 3.05) is 11.9 Å². The van der Waals surface area contributed by atoms with Gasteiger partial charge in [0.25, 0.3) is 0 Å². The van der Waals surface area contributed by atoms with E-state index in [-0.39, 0.29) is 11.4 Å². The molecular weight excluding hydrogens is 460 g/mol. The number of carbonyl (C=O) groups is 1. The van der Waals surface area contributed by atoms with Crippen molar-refractivity contribution in [1.82, 2.24) is 4.72 Å². The van der Waals surface area contributed by atoms with Crippen molar-refractivity contribution in [3.8, 4) is 0 Å². The van der Waals surface area contributed by atoms with Crippen LogP contribution in [0.5, 0.6) is 0 Å². The molecule has 4 aromatic rings. The Kier molecular flexibility index (Phi) is 7.60. The molecule has 35 heavy (non-hydrogen) atoms. The van der Waals surface area contributed by atoms with E-state index in [1.54, 1.807) is 54.6 Å². The molecule has 0 saturated heterocycles. The standard InChI is InChI=1S/C28H26N2O4S/c1-21-16-18-24(19-17-21)35(32,33)29-20-27(22-10-4-2-5-11-22)34-28(31)25-14-8-9-15-26(25)30-23-12-6-3-7-13-23/h2-19,27,29-30H,20H2,1H3/t27-/m1/s1. The Balaban J connectivity index is 1.55. The van der Waals surface area contributed by atoms with Crippen LogP contribution in [0.4, 0.5) is 11.4 Å². The lowest BCUT2D eigenvalue weighted by Gasteiger charge is -2.20. The van der Waals surface area contributed by atoms with Gasteiger partial charge in [-0.25, -0.2) is 17.9 Å². The van der Waals surface area contributed by atoms with E-state index in [0.29, 0.717) is 16.8 Å². The zero-order valence-corrected chi connectivity index (χ0v) is 20.0. The van der Waals surface area contributed by atoms with Crippen LogP contribution >= 0.6 is 0 Å². The summed E-state index contributed by atoms with van der Waals surface area (Å²) >= 11 is 0. The molecule has 0 heterocycles. The molecule has 6 nitrogen and oxygen atoms in total. The number of sulfonamides is 1. The first kappa shape index (κ1) is 24.2. The smallest absolute Gasteiger partial charge is 0.340 e. The van der Waals surface area contributed by atoms with Gasteiger partial charge in [0.15, 0.2) is 0 Å². The molecule has 0 saturated carbocycles. The molecular formula is C28H26N2O4S. The number of nitrogens with one attached hydrogen (secondary N) is 2. The molecule has 4 aromatic carbocycles. The monoisotopic (exact) mass is 486 g/mol. The molecule has 0 aliphatic rings. The number of aryl methyl sites for hydroxylation is 1. The zero-order valence-electron chi connectivity index (χ0n) is 19.2. The predicted molar refractivity (Wildman–Crippen MR) is 137 cm³/mol. The van der Waals surface area contributed by atoms with Crippen molar-refractivity contribution in [2.45, 2.75) is 17.9 Å². The van der Waals surface area contributed by atoms with E-state index in [0.717, 1.165) is 11.3 Å². The Morgan fingerprint density at radius 2 is 1.40 bits per heavy atom. The molecule has 0 spiro atoms. The van der Waals surface area contributed by atoms with Crippen molar-refractivity contribution in [3.63, 3.8) is 0 Å². The highest BCUT2D eigenvalue weighted by Crippen LogP contribution is 2.25. The maximum absolute atomic E-state index is 13.2. The van der Waals surface area contributed by atoms with E-state index >= 15 is 0 Å². The normalized spacial score (nSPS) is 12.0. The number of para-hydroxylation sites is 2. The lowest BCUT2D eigenvalue weighted by atomic mass is 10.1. The summed E-state index contributed by atoms with van der Waals surface area (Å²) in [5.74, 6) is -0.563. The number of anilines is 2. The van der Waals surface area contributed by atoms with Gasteiger partial charge in [-0.15, -0.1) is 0 Å². The lowest BCUT2D eigenvalue weighted by molar-refractivity contribution is 0.0309. The maximum atomic E-state index is 13.2. The van der Waals surface area contributed by atoms with Crippen LogP contribution in [0.25, 0.3) is 0 Å². The summed E-state index contributed by atoms with van der Waals surface area (Å²) in [7, 11) is -3.78. The molecule has 4 rings (SSSR count). The average Bonchev–Trinajstić information content (AvgIpc) is 2.88. The number of hydrogen-bond donors (Lipinski definition) is 2. The highest BCUT2D eigenvalue weighted by molar-refractivity contribution is 7.89. The fourth-order valence-electron chi connectivity index (χ4n) is 3.52. The number of hydrogen-bond acceptors (Lipinski definition) is 5. The third kappa shape index (κ3) is 6.35. The van der Waals surface area contributed by atoms with Crippen molar-refractivity contribution in [3.05, 3.63) is 126 Å². The maximum Gasteiger partial charge on any atom is 0.340 e. The summed E-state index contributed by atoms with van der Waals surface area (Å²) in [5, 5.41) is 3.24. The summed E-state index contributed by atoms with van der Waals surface area (Å²) in [6.07, 6.45) is -0.825. The number of ether oxygens (including phenoxy) is 1. The van der Waals surface area contributed by atoms with Crippen LogP contribution in [0.1, 0.15) is 27.6 Å². The number of esters is 1. The molecule has 0 radical (unpaired) electrons. The summed E-state index contributed by atoms with van der Waals surface area (Å²) < 4.78 is 34.1. The minimum absolute atomic E-state index is 0.111. The molecule has 7 heteroatoms. The minimum Gasteiger partial charge on any atom is -0.452 e. The lowest BCUT2D eigenvalue weighted by Crippen LogP contribution is -2.30.